The Hall–Kier alpha value is -3.61. The van der Waals surface area contributed by atoms with Gasteiger partial charge in [-0.15, -0.1) is 0 Å². The van der Waals surface area contributed by atoms with Gasteiger partial charge < -0.3 is 9.32 Å². The van der Waals surface area contributed by atoms with Gasteiger partial charge in [0.25, 0.3) is 0 Å². The average Bonchev–Trinajstić information content (AvgIpc) is 3.16. The number of nitrogens with zero attached hydrogens (tertiary/aromatic N) is 2. The van der Waals surface area contributed by atoms with Gasteiger partial charge in [0.2, 0.25) is 5.89 Å². The Morgan fingerprint density at radius 1 is 0.897 bits per heavy atom. The molecule has 0 spiro atoms. The molecule has 29 heavy (non-hydrogen) atoms. The van der Waals surface area contributed by atoms with Crippen LogP contribution in [-0.2, 0) is 4.79 Å². The van der Waals surface area contributed by atoms with Gasteiger partial charge in [0.15, 0.2) is 5.58 Å². The van der Waals surface area contributed by atoms with Crippen molar-refractivity contribution in [2.75, 3.05) is 11.9 Å². The summed E-state index contributed by atoms with van der Waals surface area (Å²) in [5, 5.41) is 0. The molecule has 0 bridgehead atoms. The summed E-state index contributed by atoms with van der Waals surface area (Å²) in [6, 6.07) is 21.8. The third-order valence-corrected chi connectivity index (χ3v) is 4.55. The molecular formula is C22H15F3N2O2. The number of anilines is 1. The minimum atomic E-state index is -4.95. The maximum Gasteiger partial charge on any atom is 0.471 e. The third kappa shape index (κ3) is 3.71. The molecule has 1 amide bonds. The van der Waals surface area contributed by atoms with Crippen LogP contribution in [0.4, 0.5) is 18.9 Å². The molecule has 0 N–H and O–H groups in total. The number of benzene rings is 3. The molecule has 0 aliphatic heterocycles. The van der Waals surface area contributed by atoms with E-state index in [4.69, 9.17) is 4.42 Å². The van der Waals surface area contributed by atoms with Crippen LogP contribution in [0.25, 0.3) is 33.7 Å². The second-order valence-electron chi connectivity index (χ2n) is 6.48. The Morgan fingerprint density at radius 2 is 1.52 bits per heavy atom. The van der Waals surface area contributed by atoms with Crippen molar-refractivity contribution in [3.05, 3.63) is 72.8 Å². The van der Waals surface area contributed by atoms with E-state index < -0.39 is 12.1 Å². The van der Waals surface area contributed by atoms with Gasteiger partial charge in [-0.2, -0.15) is 13.2 Å². The fourth-order valence-electron chi connectivity index (χ4n) is 2.99. The highest BCUT2D eigenvalue weighted by Gasteiger charge is 2.41. The van der Waals surface area contributed by atoms with E-state index in [1.165, 1.54) is 18.2 Å². The summed E-state index contributed by atoms with van der Waals surface area (Å²) in [6.45, 7) is 0. The summed E-state index contributed by atoms with van der Waals surface area (Å²) >= 11 is 0. The van der Waals surface area contributed by atoms with Crippen LogP contribution < -0.4 is 4.90 Å². The van der Waals surface area contributed by atoms with Crippen LogP contribution in [-0.4, -0.2) is 24.1 Å². The predicted octanol–water partition coefficient (Wildman–Crippen LogP) is 5.69. The average molecular weight is 396 g/mol. The first-order valence-electron chi connectivity index (χ1n) is 8.74. The zero-order valence-corrected chi connectivity index (χ0v) is 15.3. The smallest absolute Gasteiger partial charge is 0.436 e. The molecular weight excluding hydrogens is 381 g/mol. The van der Waals surface area contributed by atoms with Gasteiger partial charge in [-0.1, -0.05) is 42.5 Å². The Bertz CT molecular complexity index is 1170. The van der Waals surface area contributed by atoms with Gasteiger partial charge in [0.05, 0.1) is 0 Å². The molecule has 0 atom stereocenters. The maximum atomic E-state index is 12.7. The van der Waals surface area contributed by atoms with Crippen LogP contribution in [0.5, 0.6) is 0 Å². The quantitative estimate of drug-likeness (QED) is 0.447. The Kier molecular flexibility index (Phi) is 4.58. The summed E-state index contributed by atoms with van der Waals surface area (Å²) in [5.41, 5.74) is 3.72. The lowest BCUT2D eigenvalue weighted by molar-refractivity contribution is -0.170. The highest BCUT2D eigenvalue weighted by molar-refractivity contribution is 5.98. The SMILES string of the molecule is CN(C(=O)C(F)(F)F)c1ccc2nc(-c3ccc(-c4ccccc4)cc3)oc2c1. The number of carbonyl (C=O) groups excluding carboxylic acids is 1. The number of aromatic nitrogens is 1. The molecule has 0 aliphatic carbocycles. The number of alkyl halides is 3. The van der Waals surface area contributed by atoms with E-state index in [0.717, 1.165) is 23.7 Å². The Labute approximate surface area is 164 Å². The minimum absolute atomic E-state index is 0.0713. The van der Waals surface area contributed by atoms with E-state index in [1.807, 2.05) is 54.6 Å². The van der Waals surface area contributed by atoms with E-state index in [9.17, 15) is 18.0 Å². The van der Waals surface area contributed by atoms with Crippen molar-refractivity contribution < 1.29 is 22.4 Å². The van der Waals surface area contributed by atoms with Crippen LogP contribution in [0.3, 0.4) is 0 Å². The monoisotopic (exact) mass is 396 g/mol. The molecule has 146 valence electrons. The Balaban J connectivity index is 1.63. The van der Waals surface area contributed by atoms with Crippen molar-refractivity contribution in [2.24, 2.45) is 0 Å². The lowest BCUT2D eigenvalue weighted by Crippen LogP contribution is -2.38. The molecule has 0 unspecified atom stereocenters. The molecule has 0 radical (unpaired) electrons. The summed E-state index contributed by atoms with van der Waals surface area (Å²) in [4.78, 5) is 16.4. The standard InChI is InChI=1S/C22H15F3N2O2/c1-27(21(28)22(23,24)25)17-11-12-18-19(13-17)29-20(26-18)16-9-7-15(8-10-16)14-5-3-2-4-6-14/h2-13H,1H3. The van der Waals surface area contributed by atoms with Crippen LogP contribution >= 0.6 is 0 Å². The lowest BCUT2D eigenvalue weighted by Gasteiger charge is -2.18. The molecule has 3 aromatic carbocycles. The molecule has 0 aliphatic rings. The van der Waals surface area contributed by atoms with Crippen molar-refractivity contribution in [2.45, 2.75) is 6.18 Å². The van der Waals surface area contributed by atoms with Gasteiger partial charge in [-0.25, -0.2) is 4.98 Å². The van der Waals surface area contributed by atoms with Crippen LogP contribution in [0.2, 0.25) is 0 Å². The largest absolute Gasteiger partial charge is 0.471 e. The van der Waals surface area contributed by atoms with Crippen LogP contribution in [0, 0.1) is 0 Å². The number of oxazole rings is 1. The zero-order valence-electron chi connectivity index (χ0n) is 15.3. The molecule has 1 aromatic heterocycles. The summed E-state index contributed by atoms with van der Waals surface area (Å²) in [6.07, 6.45) is -4.95. The third-order valence-electron chi connectivity index (χ3n) is 4.55. The van der Waals surface area contributed by atoms with Crippen molar-refractivity contribution in [1.29, 1.82) is 0 Å². The fourth-order valence-corrected chi connectivity index (χ4v) is 2.99. The highest BCUT2D eigenvalue weighted by atomic mass is 19.4. The molecule has 0 fully saturated rings. The van der Waals surface area contributed by atoms with E-state index in [1.54, 1.807) is 0 Å². The number of rotatable bonds is 3. The number of carbonyl (C=O) groups is 1. The number of amides is 1. The molecule has 7 heteroatoms. The first-order valence-corrected chi connectivity index (χ1v) is 8.74. The fraction of sp³-hybridized carbons (Fsp3) is 0.0909. The molecule has 0 saturated heterocycles. The van der Waals surface area contributed by atoms with Crippen molar-refractivity contribution >= 4 is 22.7 Å². The molecule has 4 nitrogen and oxygen atoms in total. The summed E-state index contributed by atoms with van der Waals surface area (Å²) in [7, 11) is 1.07. The van der Waals surface area contributed by atoms with Gasteiger partial charge in [0, 0.05) is 24.4 Å². The first-order chi connectivity index (χ1) is 13.8. The topological polar surface area (TPSA) is 46.3 Å². The van der Waals surface area contributed by atoms with Crippen molar-refractivity contribution in [1.82, 2.24) is 4.98 Å². The number of halogens is 3. The van der Waals surface area contributed by atoms with E-state index in [0.29, 0.717) is 21.9 Å². The summed E-state index contributed by atoms with van der Waals surface area (Å²) in [5.74, 6) is -1.60. The van der Waals surface area contributed by atoms with Gasteiger partial charge in [-0.3, -0.25) is 4.79 Å². The van der Waals surface area contributed by atoms with Gasteiger partial charge >= 0.3 is 12.1 Å². The molecule has 4 aromatic rings. The van der Waals surface area contributed by atoms with Crippen LogP contribution in [0.1, 0.15) is 0 Å². The van der Waals surface area contributed by atoms with Crippen LogP contribution in [0.15, 0.2) is 77.2 Å². The highest BCUT2D eigenvalue weighted by Crippen LogP contribution is 2.30. The lowest BCUT2D eigenvalue weighted by atomic mass is 10.0. The molecule has 4 rings (SSSR count). The van der Waals surface area contributed by atoms with Crippen molar-refractivity contribution in [3.63, 3.8) is 0 Å². The number of hydrogen-bond donors (Lipinski definition) is 0. The predicted molar refractivity (Wildman–Crippen MR) is 104 cm³/mol. The Morgan fingerprint density at radius 3 is 2.17 bits per heavy atom. The molecule has 0 saturated carbocycles. The second-order valence-corrected chi connectivity index (χ2v) is 6.48. The summed E-state index contributed by atoms with van der Waals surface area (Å²) < 4.78 is 43.7. The van der Waals surface area contributed by atoms with Crippen molar-refractivity contribution in [3.8, 4) is 22.6 Å². The normalized spacial score (nSPS) is 11.6. The first kappa shape index (κ1) is 18.7. The number of fused-ring (bicyclic) bond motifs is 1. The molecule has 1 heterocycles. The van der Waals surface area contributed by atoms with E-state index >= 15 is 0 Å². The van der Waals surface area contributed by atoms with E-state index in [2.05, 4.69) is 4.98 Å². The number of hydrogen-bond acceptors (Lipinski definition) is 3. The minimum Gasteiger partial charge on any atom is -0.436 e. The van der Waals surface area contributed by atoms with Gasteiger partial charge in [-0.05, 0) is 35.4 Å². The second kappa shape index (κ2) is 7.09. The van der Waals surface area contributed by atoms with E-state index in [-0.39, 0.29) is 5.69 Å². The zero-order chi connectivity index (χ0) is 20.6. The van der Waals surface area contributed by atoms with Gasteiger partial charge in [0.1, 0.15) is 5.52 Å². The maximum absolute atomic E-state index is 12.7.